The van der Waals surface area contributed by atoms with Gasteiger partial charge in [0.25, 0.3) is 5.91 Å². The molecule has 1 unspecified atom stereocenters. The summed E-state index contributed by atoms with van der Waals surface area (Å²) in [6.45, 7) is 6.07. The lowest BCUT2D eigenvalue weighted by molar-refractivity contribution is -0.118. The average Bonchev–Trinajstić information content (AvgIpc) is 2.84. The number of anilines is 1. The van der Waals surface area contributed by atoms with Gasteiger partial charge in [0, 0.05) is 11.4 Å². The molecular formula is C26H29ClN4O2S. The lowest BCUT2D eigenvalue weighted by Gasteiger charge is -2.20. The number of carbonyl (C=O) groups is 2. The number of thioether (sulfide) groups is 1. The number of rotatable bonds is 10. The van der Waals surface area contributed by atoms with E-state index < -0.39 is 11.9 Å². The van der Waals surface area contributed by atoms with Gasteiger partial charge < -0.3 is 10.6 Å². The van der Waals surface area contributed by atoms with Gasteiger partial charge in [-0.15, -0.1) is 0 Å². The summed E-state index contributed by atoms with van der Waals surface area (Å²) >= 11 is 7.65. The average molecular weight is 497 g/mol. The largest absolute Gasteiger partial charge is 0.339 e. The normalized spacial score (nSPS) is 11.8. The van der Waals surface area contributed by atoms with Crippen molar-refractivity contribution in [3.8, 4) is 0 Å². The molecule has 0 fully saturated rings. The Labute approximate surface area is 209 Å². The third kappa shape index (κ3) is 7.57. The third-order valence-corrected chi connectivity index (χ3v) is 6.32. The maximum absolute atomic E-state index is 13.0. The van der Waals surface area contributed by atoms with E-state index in [0.717, 1.165) is 12.0 Å². The van der Waals surface area contributed by atoms with E-state index in [9.17, 15) is 9.59 Å². The monoisotopic (exact) mass is 496 g/mol. The first-order valence-electron chi connectivity index (χ1n) is 11.3. The summed E-state index contributed by atoms with van der Waals surface area (Å²) in [5.74, 6) is 0.0706. The van der Waals surface area contributed by atoms with Crippen molar-refractivity contribution in [2.45, 2.75) is 50.6 Å². The molecule has 0 bridgehead atoms. The van der Waals surface area contributed by atoms with Crippen LogP contribution < -0.4 is 10.6 Å². The van der Waals surface area contributed by atoms with Crippen molar-refractivity contribution in [2.75, 3.05) is 5.32 Å². The second kappa shape index (κ2) is 12.5. The number of halogens is 1. The van der Waals surface area contributed by atoms with Gasteiger partial charge >= 0.3 is 0 Å². The Hall–Kier alpha value is -2.90. The first kappa shape index (κ1) is 25.7. The predicted molar refractivity (Wildman–Crippen MR) is 138 cm³/mol. The molecule has 8 heteroatoms. The fourth-order valence-electron chi connectivity index (χ4n) is 3.28. The summed E-state index contributed by atoms with van der Waals surface area (Å²) < 4.78 is 0. The molecule has 2 aromatic carbocycles. The van der Waals surface area contributed by atoms with Gasteiger partial charge in [-0.05, 0) is 42.0 Å². The second-order valence-corrected chi connectivity index (χ2v) is 9.67. The van der Waals surface area contributed by atoms with Crippen LogP contribution in [0.4, 0.5) is 5.69 Å². The van der Waals surface area contributed by atoms with Crippen LogP contribution in [-0.4, -0.2) is 27.8 Å². The van der Waals surface area contributed by atoms with E-state index in [0.29, 0.717) is 23.0 Å². The van der Waals surface area contributed by atoms with Crippen molar-refractivity contribution >= 4 is 40.9 Å². The number of hydrogen-bond donors (Lipinski definition) is 2. The highest BCUT2D eigenvalue weighted by atomic mass is 35.5. The van der Waals surface area contributed by atoms with Gasteiger partial charge in [-0.25, -0.2) is 9.97 Å². The molecule has 3 aromatic rings. The van der Waals surface area contributed by atoms with E-state index in [4.69, 9.17) is 11.6 Å². The van der Waals surface area contributed by atoms with Gasteiger partial charge in [0.1, 0.15) is 6.04 Å². The third-order valence-electron chi connectivity index (χ3n) is 5.11. The standard InChI is InChI=1S/C26H29ClN4O2S/c1-4-18-10-12-20(13-11-18)29-24(32)22(14-17(2)3)30-25(33)23-21(27)15-28-26(31-23)34-16-19-8-6-5-7-9-19/h5-13,15,17,22H,4,14,16H2,1-3H3,(H,29,32)(H,30,33). The van der Waals surface area contributed by atoms with E-state index in [1.807, 2.05) is 68.4 Å². The summed E-state index contributed by atoms with van der Waals surface area (Å²) in [4.78, 5) is 34.6. The molecule has 1 aromatic heterocycles. The van der Waals surface area contributed by atoms with E-state index in [2.05, 4.69) is 27.5 Å². The zero-order valence-corrected chi connectivity index (χ0v) is 21.1. The summed E-state index contributed by atoms with van der Waals surface area (Å²) in [5.41, 5.74) is 3.05. The molecule has 0 spiro atoms. The lowest BCUT2D eigenvalue weighted by Crippen LogP contribution is -2.45. The van der Waals surface area contributed by atoms with Crippen molar-refractivity contribution in [3.05, 3.63) is 82.6 Å². The van der Waals surface area contributed by atoms with Crippen molar-refractivity contribution in [1.82, 2.24) is 15.3 Å². The highest BCUT2D eigenvalue weighted by Gasteiger charge is 2.25. The molecule has 178 valence electrons. The molecule has 34 heavy (non-hydrogen) atoms. The highest BCUT2D eigenvalue weighted by molar-refractivity contribution is 7.98. The smallest absolute Gasteiger partial charge is 0.272 e. The molecule has 2 amide bonds. The molecule has 0 radical (unpaired) electrons. The number of aryl methyl sites for hydroxylation is 1. The molecule has 1 atom stereocenters. The Kier molecular flexibility index (Phi) is 9.48. The van der Waals surface area contributed by atoms with Gasteiger partial charge in [0.05, 0.1) is 11.2 Å². The molecule has 2 N–H and O–H groups in total. The molecule has 1 heterocycles. The topological polar surface area (TPSA) is 84.0 Å². The summed E-state index contributed by atoms with van der Waals surface area (Å²) in [7, 11) is 0. The summed E-state index contributed by atoms with van der Waals surface area (Å²) in [6, 6.07) is 16.9. The maximum Gasteiger partial charge on any atom is 0.272 e. The Balaban J connectivity index is 1.70. The Morgan fingerprint density at radius 1 is 1.03 bits per heavy atom. The van der Waals surface area contributed by atoms with Crippen LogP contribution in [-0.2, 0) is 17.0 Å². The minimum absolute atomic E-state index is 0.0566. The number of hydrogen-bond acceptors (Lipinski definition) is 5. The molecule has 6 nitrogen and oxygen atoms in total. The number of amides is 2. The minimum atomic E-state index is -0.732. The molecule has 0 saturated carbocycles. The van der Waals surface area contributed by atoms with Crippen LogP contribution in [0.5, 0.6) is 0 Å². The molecule has 0 aliphatic carbocycles. The number of nitrogens with zero attached hydrogens (tertiary/aromatic N) is 2. The number of carbonyl (C=O) groups excluding carboxylic acids is 2. The SMILES string of the molecule is CCc1ccc(NC(=O)C(CC(C)C)NC(=O)c2nc(SCc3ccccc3)ncc2Cl)cc1. The first-order valence-corrected chi connectivity index (χ1v) is 12.6. The van der Waals surface area contributed by atoms with Gasteiger partial charge in [0.2, 0.25) is 5.91 Å². The summed E-state index contributed by atoms with van der Waals surface area (Å²) in [6.07, 6.45) is 2.82. The number of aromatic nitrogens is 2. The molecule has 0 aliphatic rings. The number of nitrogens with one attached hydrogen (secondary N) is 2. The van der Waals surface area contributed by atoms with Gasteiger partial charge in [-0.1, -0.05) is 86.6 Å². The van der Waals surface area contributed by atoms with Crippen LogP contribution in [0, 0.1) is 5.92 Å². The quantitative estimate of drug-likeness (QED) is 0.275. The molecule has 3 rings (SSSR count). The second-order valence-electron chi connectivity index (χ2n) is 8.32. The maximum atomic E-state index is 13.0. The van der Waals surface area contributed by atoms with Crippen LogP contribution in [0.2, 0.25) is 5.02 Å². The lowest BCUT2D eigenvalue weighted by atomic mass is 10.0. The Bertz CT molecular complexity index is 1110. The van der Waals surface area contributed by atoms with Crippen LogP contribution in [0.15, 0.2) is 66.0 Å². The van der Waals surface area contributed by atoms with Gasteiger partial charge in [-0.2, -0.15) is 0 Å². The minimum Gasteiger partial charge on any atom is -0.339 e. The fraction of sp³-hybridized carbons (Fsp3) is 0.308. The Morgan fingerprint density at radius 2 is 1.74 bits per heavy atom. The summed E-state index contributed by atoms with van der Waals surface area (Å²) in [5, 5.41) is 6.29. The van der Waals surface area contributed by atoms with Gasteiger partial charge in [0.15, 0.2) is 10.9 Å². The molecular weight excluding hydrogens is 468 g/mol. The number of benzene rings is 2. The van der Waals surface area contributed by atoms with E-state index >= 15 is 0 Å². The fourth-order valence-corrected chi connectivity index (χ4v) is 4.23. The van der Waals surface area contributed by atoms with Crippen LogP contribution in [0.25, 0.3) is 0 Å². The van der Waals surface area contributed by atoms with E-state index in [1.165, 1.54) is 23.5 Å². The van der Waals surface area contributed by atoms with Crippen molar-refractivity contribution in [3.63, 3.8) is 0 Å². The molecule has 0 saturated heterocycles. The van der Waals surface area contributed by atoms with Crippen LogP contribution >= 0.6 is 23.4 Å². The van der Waals surface area contributed by atoms with Gasteiger partial charge in [-0.3, -0.25) is 9.59 Å². The zero-order chi connectivity index (χ0) is 24.5. The van der Waals surface area contributed by atoms with Crippen molar-refractivity contribution in [2.24, 2.45) is 5.92 Å². The predicted octanol–water partition coefficient (Wildman–Crippen LogP) is 5.77. The van der Waals surface area contributed by atoms with E-state index in [-0.39, 0.29) is 22.5 Å². The molecule has 0 aliphatic heterocycles. The van der Waals surface area contributed by atoms with Crippen LogP contribution in [0.3, 0.4) is 0 Å². The van der Waals surface area contributed by atoms with Crippen LogP contribution in [0.1, 0.15) is 48.8 Å². The highest BCUT2D eigenvalue weighted by Crippen LogP contribution is 2.22. The van der Waals surface area contributed by atoms with E-state index in [1.54, 1.807) is 0 Å². The van der Waals surface area contributed by atoms with Crippen molar-refractivity contribution < 1.29 is 9.59 Å². The first-order chi connectivity index (χ1) is 16.4. The van der Waals surface area contributed by atoms with Crippen molar-refractivity contribution in [1.29, 1.82) is 0 Å². The zero-order valence-electron chi connectivity index (χ0n) is 19.5. The Morgan fingerprint density at radius 3 is 2.38 bits per heavy atom.